The Bertz CT molecular complexity index is 592. The standard InChI is InChI=1S/C17H21N3O3/c21-12-8-13-5-9-19(10-6-13)14-1-3-15(4-2-14)20-11-7-16(22)18-17(20)23/h1-4,12-13H,5-11H2,(H,18,22,23). The maximum absolute atomic E-state index is 11.8. The van der Waals surface area contributed by atoms with Crippen LogP contribution in [0.25, 0.3) is 0 Å². The van der Waals surface area contributed by atoms with Gasteiger partial charge in [-0.15, -0.1) is 0 Å². The molecule has 3 rings (SSSR count). The summed E-state index contributed by atoms with van der Waals surface area (Å²) in [4.78, 5) is 37.5. The van der Waals surface area contributed by atoms with Crippen molar-refractivity contribution in [3.63, 3.8) is 0 Å². The SMILES string of the molecule is O=CCC1CCN(c2ccc(N3CCC(=O)NC3=O)cc2)CC1. The number of anilines is 2. The van der Waals surface area contributed by atoms with Crippen LogP contribution in [0.3, 0.4) is 0 Å². The predicted octanol–water partition coefficient (Wildman–Crippen LogP) is 1.94. The third-order valence-corrected chi connectivity index (χ3v) is 4.62. The van der Waals surface area contributed by atoms with Gasteiger partial charge >= 0.3 is 6.03 Å². The number of rotatable bonds is 4. The molecule has 2 fully saturated rings. The summed E-state index contributed by atoms with van der Waals surface area (Å²) in [5.74, 6) is 0.290. The van der Waals surface area contributed by atoms with Crippen molar-refractivity contribution in [3.8, 4) is 0 Å². The molecule has 0 atom stereocenters. The molecule has 122 valence electrons. The van der Waals surface area contributed by atoms with Crippen molar-refractivity contribution in [2.45, 2.75) is 25.7 Å². The maximum atomic E-state index is 11.8. The molecule has 2 saturated heterocycles. The van der Waals surface area contributed by atoms with Crippen molar-refractivity contribution in [2.75, 3.05) is 29.4 Å². The van der Waals surface area contributed by atoms with Gasteiger partial charge in [0.15, 0.2) is 0 Å². The zero-order valence-electron chi connectivity index (χ0n) is 13.0. The molecule has 3 amide bonds. The van der Waals surface area contributed by atoms with E-state index in [2.05, 4.69) is 10.2 Å². The van der Waals surface area contributed by atoms with Gasteiger partial charge < -0.3 is 9.69 Å². The number of hydrogen-bond donors (Lipinski definition) is 1. The molecular formula is C17H21N3O3. The molecule has 2 heterocycles. The highest BCUT2D eigenvalue weighted by atomic mass is 16.2. The van der Waals surface area contributed by atoms with E-state index in [-0.39, 0.29) is 11.9 Å². The van der Waals surface area contributed by atoms with E-state index >= 15 is 0 Å². The fourth-order valence-corrected chi connectivity index (χ4v) is 3.22. The number of amides is 3. The zero-order chi connectivity index (χ0) is 16.2. The number of nitrogens with zero attached hydrogens (tertiary/aromatic N) is 2. The molecule has 0 saturated carbocycles. The van der Waals surface area contributed by atoms with Crippen LogP contribution in [0.2, 0.25) is 0 Å². The Hall–Kier alpha value is -2.37. The predicted molar refractivity (Wildman–Crippen MR) is 87.6 cm³/mol. The first-order valence-corrected chi connectivity index (χ1v) is 8.07. The summed E-state index contributed by atoms with van der Waals surface area (Å²) in [6.45, 7) is 2.33. The van der Waals surface area contributed by atoms with E-state index < -0.39 is 0 Å². The van der Waals surface area contributed by atoms with Gasteiger partial charge in [-0.25, -0.2) is 4.79 Å². The van der Waals surface area contributed by atoms with Crippen molar-refractivity contribution in [1.82, 2.24) is 5.32 Å². The molecular weight excluding hydrogens is 294 g/mol. The van der Waals surface area contributed by atoms with Crippen molar-refractivity contribution < 1.29 is 14.4 Å². The van der Waals surface area contributed by atoms with Crippen molar-refractivity contribution in [3.05, 3.63) is 24.3 Å². The number of carbonyl (C=O) groups is 3. The third kappa shape index (κ3) is 3.52. The van der Waals surface area contributed by atoms with Crippen molar-refractivity contribution >= 4 is 29.6 Å². The van der Waals surface area contributed by atoms with Crippen LogP contribution in [0.1, 0.15) is 25.7 Å². The first kappa shape index (κ1) is 15.5. The Morgan fingerprint density at radius 1 is 1.04 bits per heavy atom. The lowest BCUT2D eigenvalue weighted by Gasteiger charge is -2.33. The van der Waals surface area contributed by atoms with E-state index in [0.29, 0.717) is 25.3 Å². The lowest BCUT2D eigenvalue weighted by atomic mass is 9.94. The fraction of sp³-hybridized carbons (Fsp3) is 0.471. The number of imide groups is 1. The molecule has 23 heavy (non-hydrogen) atoms. The average molecular weight is 315 g/mol. The van der Waals surface area contributed by atoms with Gasteiger partial charge in [0, 0.05) is 43.9 Å². The minimum absolute atomic E-state index is 0.221. The largest absolute Gasteiger partial charge is 0.372 e. The van der Waals surface area contributed by atoms with Gasteiger partial charge in [-0.05, 0) is 43.0 Å². The molecule has 2 aliphatic rings. The van der Waals surface area contributed by atoms with Gasteiger partial charge in [-0.1, -0.05) is 0 Å². The smallest absolute Gasteiger partial charge is 0.328 e. The van der Waals surface area contributed by atoms with Crippen LogP contribution in [0.4, 0.5) is 16.2 Å². The van der Waals surface area contributed by atoms with Gasteiger partial charge in [0.05, 0.1) is 0 Å². The van der Waals surface area contributed by atoms with Crippen LogP contribution in [0, 0.1) is 5.92 Å². The Morgan fingerprint density at radius 2 is 1.70 bits per heavy atom. The number of carbonyl (C=O) groups excluding carboxylic acids is 3. The highest BCUT2D eigenvalue weighted by molar-refractivity contribution is 6.05. The molecule has 6 nitrogen and oxygen atoms in total. The quantitative estimate of drug-likeness (QED) is 0.862. The molecule has 1 aromatic carbocycles. The summed E-state index contributed by atoms with van der Waals surface area (Å²) in [6, 6.07) is 7.51. The van der Waals surface area contributed by atoms with Crippen molar-refractivity contribution in [2.24, 2.45) is 5.92 Å². The molecule has 2 aliphatic heterocycles. The fourth-order valence-electron chi connectivity index (χ4n) is 3.22. The van der Waals surface area contributed by atoms with E-state index in [9.17, 15) is 14.4 Å². The average Bonchev–Trinajstić information content (AvgIpc) is 2.56. The second kappa shape index (κ2) is 6.81. The van der Waals surface area contributed by atoms with Crippen LogP contribution in [-0.4, -0.2) is 37.9 Å². The number of aldehydes is 1. The highest BCUT2D eigenvalue weighted by Gasteiger charge is 2.24. The Balaban J connectivity index is 1.62. The van der Waals surface area contributed by atoms with Crippen LogP contribution in [-0.2, 0) is 9.59 Å². The minimum atomic E-state index is -0.358. The van der Waals surface area contributed by atoms with Crippen LogP contribution in [0.5, 0.6) is 0 Å². The first-order chi connectivity index (χ1) is 11.2. The Labute approximate surface area is 135 Å². The molecule has 6 heteroatoms. The highest BCUT2D eigenvalue weighted by Crippen LogP contribution is 2.27. The number of piperidine rings is 1. The minimum Gasteiger partial charge on any atom is -0.372 e. The summed E-state index contributed by atoms with van der Waals surface area (Å²) >= 11 is 0. The molecule has 0 radical (unpaired) electrons. The summed E-state index contributed by atoms with van der Waals surface area (Å²) in [5, 5.41) is 2.33. The molecule has 0 unspecified atom stereocenters. The van der Waals surface area contributed by atoms with Gasteiger partial charge in [-0.3, -0.25) is 15.0 Å². The van der Waals surface area contributed by atoms with E-state index in [1.807, 2.05) is 24.3 Å². The van der Waals surface area contributed by atoms with E-state index in [4.69, 9.17) is 0 Å². The number of nitrogens with one attached hydrogen (secondary N) is 1. The Morgan fingerprint density at radius 3 is 2.30 bits per heavy atom. The maximum Gasteiger partial charge on any atom is 0.328 e. The molecule has 0 spiro atoms. The Kier molecular flexibility index (Phi) is 4.60. The summed E-state index contributed by atoms with van der Waals surface area (Å²) < 4.78 is 0. The third-order valence-electron chi connectivity index (χ3n) is 4.62. The number of benzene rings is 1. The first-order valence-electron chi connectivity index (χ1n) is 8.07. The number of urea groups is 1. The van der Waals surface area contributed by atoms with E-state index in [1.54, 1.807) is 4.90 Å². The van der Waals surface area contributed by atoms with Crippen molar-refractivity contribution in [1.29, 1.82) is 0 Å². The van der Waals surface area contributed by atoms with Crippen LogP contribution < -0.4 is 15.1 Å². The van der Waals surface area contributed by atoms with Gasteiger partial charge in [0.2, 0.25) is 5.91 Å². The molecule has 1 aromatic rings. The molecule has 0 bridgehead atoms. The van der Waals surface area contributed by atoms with Crippen LogP contribution in [0.15, 0.2) is 24.3 Å². The normalized spacial score (nSPS) is 19.7. The second-order valence-corrected chi connectivity index (χ2v) is 6.10. The van der Waals surface area contributed by atoms with Gasteiger partial charge in [0.1, 0.15) is 6.29 Å². The zero-order valence-corrected chi connectivity index (χ0v) is 13.0. The second-order valence-electron chi connectivity index (χ2n) is 6.10. The lowest BCUT2D eigenvalue weighted by Crippen LogP contribution is -2.49. The van der Waals surface area contributed by atoms with Crippen LogP contribution >= 0.6 is 0 Å². The lowest BCUT2D eigenvalue weighted by molar-refractivity contribution is -0.120. The van der Waals surface area contributed by atoms with E-state index in [1.165, 1.54) is 0 Å². The van der Waals surface area contributed by atoms with Gasteiger partial charge in [0.25, 0.3) is 0 Å². The molecule has 0 aliphatic carbocycles. The van der Waals surface area contributed by atoms with Gasteiger partial charge in [-0.2, -0.15) is 0 Å². The summed E-state index contributed by atoms with van der Waals surface area (Å²) in [5.41, 5.74) is 1.93. The topological polar surface area (TPSA) is 69.7 Å². The summed E-state index contributed by atoms with van der Waals surface area (Å²) in [7, 11) is 0. The molecule has 1 N–H and O–H groups in total. The van der Waals surface area contributed by atoms with E-state index in [0.717, 1.165) is 43.6 Å². The monoisotopic (exact) mass is 315 g/mol. The number of hydrogen-bond acceptors (Lipinski definition) is 4. The summed E-state index contributed by atoms with van der Waals surface area (Å²) in [6.07, 6.45) is 4.09. The molecule has 0 aromatic heterocycles.